The van der Waals surface area contributed by atoms with Crippen LogP contribution in [0.2, 0.25) is 0 Å². The predicted molar refractivity (Wildman–Crippen MR) is 69.4 cm³/mol. The predicted octanol–water partition coefficient (Wildman–Crippen LogP) is 2.30. The Bertz CT molecular complexity index is 277. The van der Waals surface area contributed by atoms with Crippen LogP contribution in [0.4, 0.5) is 0 Å². The van der Waals surface area contributed by atoms with Crippen LogP contribution in [0, 0.1) is 17.3 Å². The molecule has 1 aliphatic carbocycles. The highest BCUT2D eigenvalue weighted by molar-refractivity contribution is 5.73. The molecule has 0 spiro atoms. The molecular formula is C14H26O4. The molecule has 0 bridgehead atoms. The minimum absolute atomic E-state index is 0.0970. The van der Waals surface area contributed by atoms with Gasteiger partial charge in [-0.1, -0.05) is 33.6 Å². The van der Waals surface area contributed by atoms with Gasteiger partial charge in [0.15, 0.2) is 6.10 Å². The van der Waals surface area contributed by atoms with Crippen molar-refractivity contribution in [1.29, 1.82) is 0 Å². The van der Waals surface area contributed by atoms with E-state index in [1.807, 2.05) is 0 Å². The van der Waals surface area contributed by atoms with Crippen molar-refractivity contribution < 1.29 is 19.7 Å². The van der Waals surface area contributed by atoms with Crippen LogP contribution in [0.25, 0.3) is 0 Å². The highest BCUT2D eigenvalue weighted by atomic mass is 16.5. The fraction of sp³-hybridized carbons (Fsp3) is 0.929. The van der Waals surface area contributed by atoms with Crippen LogP contribution >= 0.6 is 0 Å². The normalized spacial score (nSPS) is 30.4. The Kier molecular flexibility index (Phi) is 5.60. The van der Waals surface area contributed by atoms with Crippen molar-refractivity contribution in [2.24, 2.45) is 17.3 Å². The zero-order valence-corrected chi connectivity index (χ0v) is 11.7. The second-order valence-electron chi connectivity index (χ2n) is 5.90. The molecule has 1 saturated carbocycles. The maximum absolute atomic E-state index is 11.5. The molecule has 0 heterocycles. The van der Waals surface area contributed by atoms with Crippen LogP contribution in [-0.2, 0) is 9.53 Å². The molecule has 18 heavy (non-hydrogen) atoms. The first-order valence-electron chi connectivity index (χ1n) is 6.89. The number of aliphatic hydroxyl groups excluding tert-OH is 1. The first kappa shape index (κ1) is 15.4. The van der Waals surface area contributed by atoms with Crippen LogP contribution in [0.15, 0.2) is 0 Å². The summed E-state index contributed by atoms with van der Waals surface area (Å²) in [6.07, 6.45) is 3.23. The molecule has 1 rings (SSSR count). The summed E-state index contributed by atoms with van der Waals surface area (Å²) in [7, 11) is 0. The SMILES string of the molecule is CC1CCCC(C(C)C)(C(OCCO)C(=O)O)C1. The Morgan fingerprint density at radius 1 is 1.50 bits per heavy atom. The summed E-state index contributed by atoms with van der Waals surface area (Å²) in [6.45, 7) is 6.31. The Morgan fingerprint density at radius 2 is 2.17 bits per heavy atom. The van der Waals surface area contributed by atoms with E-state index in [4.69, 9.17) is 9.84 Å². The van der Waals surface area contributed by atoms with Gasteiger partial charge in [0.1, 0.15) is 0 Å². The molecule has 0 amide bonds. The maximum Gasteiger partial charge on any atom is 0.333 e. The van der Waals surface area contributed by atoms with E-state index < -0.39 is 12.1 Å². The van der Waals surface area contributed by atoms with Crippen molar-refractivity contribution in [1.82, 2.24) is 0 Å². The lowest BCUT2D eigenvalue weighted by Crippen LogP contribution is -2.49. The summed E-state index contributed by atoms with van der Waals surface area (Å²) < 4.78 is 5.46. The van der Waals surface area contributed by atoms with Crippen LogP contribution < -0.4 is 0 Å². The van der Waals surface area contributed by atoms with E-state index >= 15 is 0 Å². The van der Waals surface area contributed by atoms with Gasteiger partial charge in [-0.15, -0.1) is 0 Å². The Hall–Kier alpha value is -0.610. The van der Waals surface area contributed by atoms with Gasteiger partial charge >= 0.3 is 5.97 Å². The second kappa shape index (κ2) is 6.53. The van der Waals surface area contributed by atoms with Gasteiger partial charge in [-0.2, -0.15) is 0 Å². The van der Waals surface area contributed by atoms with Crippen LogP contribution in [0.5, 0.6) is 0 Å². The maximum atomic E-state index is 11.5. The zero-order valence-electron chi connectivity index (χ0n) is 11.7. The Balaban J connectivity index is 2.95. The van der Waals surface area contributed by atoms with Gasteiger partial charge in [0.2, 0.25) is 0 Å². The first-order valence-corrected chi connectivity index (χ1v) is 6.89. The standard InChI is InChI=1S/C14H26O4/c1-10(2)14(6-4-5-11(3)9-14)12(13(16)17)18-8-7-15/h10-12,15H,4-9H2,1-3H3,(H,16,17). The summed E-state index contributed by atoms with van der Waals surface area (Å²) in [5, 5.41) is 18.3. The average molecular weight is 258 g/mol. The molecule has 0 radical (unpaired) electrons. The number of aliphatic hydroxyl groups is 1. The number of hydrogen-bond donors (Lipinski definition) is 2. The number of carboxylic acids is 1. The number of hydrogen-bond acceptors (Lipinski definition) is 3. The molecule has 3 atom stereocenters. The smallest absolute Gasteiger partial charge is 0.333 e. The van der Waals surface area contributed by atoms with E-state index in [9.17, 15) is 9.90 Å². The molecule has 3 unspecified atom stereocenters. The van der Waals surface area contributed by atoms with Crippen molar-refractivity contribution in [2.45, 2.75) is 52.6 Å². The van der Waals surface area contributed by atoms with Crippen molar-refractivity contribution in [3.05, 3.63) is 0 Å². The van der Waals surface area contributed by atoms with E-state index in [0.29, 0.717) is 5.92 Å². The van der Waals surface area contributed by atoms with Crippen molar-refractivity contribution in [3.63, 3.8) is 0 Å². The summed E-state index contributed by atoms with van der Waals surface area (Å²) in [5.41, 5.74) is -0.293. The van der Waals surface area contributed by atoms with Gasteiger partial charge in [-0.25, -0.2) is 4.79 Å². The number of carboxylic acid groups (broad SMARTS) is 1. The van der Waals surface area contributed by atoms with Crippen molar-refractivity contribution >= 4 is 5.97 Å². The van der Waals surface area contributed by atoms with Crippen LogP contribution in [0.1, 0.15) is 46.5 Å². The van der Waals surface area contributed by atoms with Gasteiger partial charge in [-0.3, -0.25) is 0 Å². The van der Waals surface area contributed by atoms with E-state index in [2.05, 4.69) is 20.8 Å². The third kappa shape index (κ3) is 3.23. The molecule has 0 saturated heterocycles. The van der Waals surface area contributed by atoms with E-state index in [0.717, 1.165) is 19.3 Å². The molecule has 2 N–H and O–H groups in total. The van der Waals surface area contributed by atoms with Crippen LogP contribution in [0.3, 0.4) is 0 Å². The minimum atomic E-state index is -0.897. The summed E-state index contributed by atoms with van der Waals surface area (Å²) in [5.74, 6) is -0.0907. The third-order valence-electron chi connectivity index (χ3n) is 4.34. The molecule has 0 aromatic carbocycles. The fourth-order valence-electron chi connectivity index (χ4n) is 3.35. The lowest BCUT2D eigenvalue weighted by molar-refractivity contribution is -0.170. The molecule has 4 heteroatoms. The lowest BCUT2D eigenvalue weighted by atomic mass is 9.61. The van der Waals surface area contributed by atoms with E-state index in [-0.39, 0.29) is 24.5 Å². The number of ether oxygens (including phenoxy) is 1. The topological polar surface area (TPSA) is 66.8 Å². The molecular weight excluding hydrogens is 232 g/mol. The highest BCUT2D eigenvalue weighted by Gasteiger charge is 2.48. The minimum Gasteiger partial charge on any atom is -0.479 e. The van der Waals surface area contributed by atoms with Gasteiger partial charge < -0.3 is 14.9 Å². The third-order valence-corrected chi connectivity index (χ3v) is 4.34. The Labute approximate surface area is 109 Å². The molecule has 106 valence electrons. The number of rotatable bonds is 6. The largest absolute Gasteiger partial charge is 0.479 e. The van der Waals surface area contributed by atoms with Crippen molar-refractivity contribution in [3.8, 4) is 0 Å². The lowest BCUT2D eigenvalue weighted by Gasteiger charge is -2.46. The number of aliphatic carboxylic acids is 1. The summed E-state index contributed by atoms with van der Waals surface area (Å²) >= 11 is 0. The summed E-state index contributed by atoms with van der Waals surface area (Å²) in [4.78, 5) is 11.5. The Morgan fingerprint density at radius 3 is 2.61 bits per heavy atom. The van der Waals surface area contributed by atoms with Gasteiger partial charge in [0.05, 0.1) is 13.2 Å². The average Bonchev–Trinajstić information content (AvgIpc) is 2.28. The van der Waals surface area contributed by atoms with E-state index in [1.165, 1.54) is 6.42 Å². The monoisotopic (exact) mass is 258 g/mol. The first-order chi connectivity index (χ1) is 8.44. The number of carbonyl (C=O) groups is 1. The highest BCUT2D eigenvalue weighted by Crippen LogP contribution is 2.48. The summed E-state index contributed by atoms with van der Waals surface area (Å²) in [6, 6.07) is 0. The van der Waals surface area contributed by atoms with Crippen LogP contribution in [-0.4, -0.2) is 35.5 Å². The quantitative estimate of drug-likeness (QED) is 0.767. The fourth-order valence-corrected chi connectivity index (χ4v) is 3.35. The van der Waals surface area contributed by atoms with Gasteiger partial charge in [-0.05, 0) is 24.7 Å². The molecule has 1 fully saturated rings. The molecule has 0 aromatic rings. The van der Waals surface area contributed by atoms with Gasteiger partial charge in [0.25, 0.3) is 0 Å². The van der Waals surface area contributed by atoms with Gasteiger partial charge in [0, 0.05) is 5.41 Å². The zero-order chi connectivity index (χ0) is 13.8. The molecule has 1 aliphatic rings. The van der Waals surface area contributed by atoms with E-state index in [1.54, 1.807) is 0 Å². The molecule has 0 aromatic heterocycles. The van der Waals surface area contributed by atoms with Crippen molar-refractivity contribution in [2.75, 3.05) is 13.2 Å². The molecule has 4 nitrogen and oxygen atoms in total. The second-order valence-corrected chi connectivity index (χ2v) is 5.90. The molecule has 0 aliphatic heterocycles.